The first-order chi connectivity index (χ1) is 9.49. The number of primary amides is 1. The summed E-state index contributed by atoms with van der Waals surface area (Å²) < 4.78 is 26.0. The van der Waals surface area contributed by atoms with Crippen molar-refractivity contribution in [1.82, 2.24) is 9.21 Å². The molecule has 0 aromatic carbocycles. The van der Waals surface area contributed by atoms with Gasteiger partial charge in [-0.2, -0.15) is 0 Å². The smallest absolute Gasteiger partial charge is 0.220 e. The Hall–Kier alpha value is -0.660. The standard InChI is InChI=1S/C13H24N3O3S/c14-13(17)12-4-8-15(9-5-12)10-11-20(18,19)16-6-2-1-3-7-16/h1,12H,2-11H2,(H2,14,17). The van der Waals surface area contributed by atoms with Gasteiger partial charge in [0.05, 0.1) is 5.75 Å². The molecule has 0 atom stereocenters. The van der Waals surface area contributed by atoms with Crippen molar-refractivity contribution < 1.29 is 13.2 Å². The first-order valence-corrected chi connectivity index (χ1v) is 8.91. The SMILES string of the molecule is NC(=O)C1CCN(CCS(=O)(=O)N2CC[CH]CC2)CC1. The fourth-order valence-electron chi connectivity index (χ4n) is 2.82. The Morgan fingerprint density at radius 2 is 1.75 bits per heavy atom. The quantitative estimate of drug-likeness (QED) is 0.763. The van der Waals surface area contributed by atoms with Gasteiger partial charge in [-0.05, 0) is 45.2 Å². The van der Waals surface area contributed by atoms with E-state index < -0.39 is 10.0 Å². The predicted octanol–water partition coefficient (Wildman–Crippen LogP) is -0.186. The minimum atomic E-state index is -3.13. The lowest BCUT2D eigenvalue weighted by Crippen LogP contribution is -2.43. The van der Waals surface area contributed by atoms with Gasteiger partial charge >= 0.3 is 0 Å². The molecule has 6 nitrogen and oxygen atoms in total. The van der Waals surface area contributed by atoms with Crippen LogP contribution in [-0.2, 0) is 14.8 Å². The van der Waals surface area contributed by atoms with E-state index in [-0.39, 0.29) is 17.6 Å². The van der Waals surface area contributed by atoms with Gasteiger partial charge in [-0.3, -0.25) is 4.79 Å². The second-order valence-electron chi connectivity index (χ2n) is 5.60. The highest BCUT2D eigenvalue weighted by Crippen LogP contribution is 2.17. The Kier molecular flexibility index (Phi) is 5.40. The number of nitrogens with two attached hydrogens (primary N) is 1. The van der Waals surface area contributed by atoms with Crippen molar-refractivity contribution in [1.29, 1.82) is 0 Å². The average molecular weight is 302 g/mol. The van der Waals surface area contributed by atoms with Gasteiger partial charge in [0.15, 0.2) is 0 Å². The topological polar surface area (TPSA) is 83.7 Å². The molecule has 7 heteroatoms. The Labute approximate surface area is 121 Å². The minimum absolute atomic E-state index is 0.0412. The maximum Gasteiger partial charge on any atom is 0.220 e. The van der Waals surface area contributed by atoms with Crippen molar-refractivity contribution in [2.24, 2.45) is 11.7 Å². The maximum absolute atomic E-state index is 12.2. The van der Waals surface area contributed by atoms with E-state index in [9.17, 15) is 13.2 Å². The summed E-state index contributed by atoms with van der Waals surface area (Å²) in [5.41, 5.74) is 5.29. The van der Waals surface area contributed by atoms with E-state index in [1.54, 1.807) is 4.31 Å². The summed E-state index contributed by atoms with van der Waals surface area (Å²) in [5, 5.41) is 0. The zero-order valence-electron chi connectivity index (χ0n) is 11.8. The highest BCUT2D eigenvalue weighted by atomic mass is 32.2. The van der Waals surface area contributed by atoms with Crippen LogP contribution in [0.15, 0.2) is 0 Å². The number of sulfonamides is 1. The van der Waals surface area contributed by atoms with Crippen LogP contribution < -0.4 is 5.73 Å². The highest BCUT2D eigenvalue weighted by molar-refractivity contribution is 7.89. The van der Waals surface area contributed by atoms with Crippen LogP contribution in [0.25, 0.3) is 0 Å². The summed E-state index contributed by atoms with van der Waals surface area (Å²) in [6.07, 6.45) is 5.33. The van der Waals surface area contributed by atoms with E-state index >= 15 is 0 Å². The van der Waals surface area contributed by atoms with Crippen molar-refractivity contribution >= 4 is 15.9 Å². The first-order valence-electron chi connectivity index (χ1n) is 7.30. The second-order valence-corrected chi connectivity index (χ2v) is 7.69. The molecule has 2 aliphatic heterocycles. The van der Waals surface area contributed by atoms with E-state index in [0.717, 1.165) is 38.8 Å². The van der Waals surface area contributed by atoms with E-state index in [1.807, 2.05) is 0 Å². The van der Waals surface area contributed by atoms with Crippen LogP contribution in [0.1, 0.15) is 25.7 Å². The summed E-state index contributed by atoms with van der Waals surface area (Å²) in [6, 6.07) is 0. The van der Waals surface area contributed by atoms with Crippen LogP contribution in [0.2, 0.25) is 0 Å². The lowest BCUT2D eigenvalue weighted by molar-refractivity contribution is -0.123. The van der Waals surface area contributed by atoms with Crippen molar-refractivity contribution in [3.63, 3.8) is 0 Å². The molecule has 115 valence electrons. The molecule has 2 saturated heterocycles. The Morgan fingerprint density at radius 3 is 2.30 bits per heavy atom. The molecule has 0 saturated carbocycles. The van der Waals surface area contributed by atoms with Crippen LogP contribution in [0.4, 0.5) is 0 Å². The van der Waals surface area contributed by atoms with Crippen LogP contribution in [-0.4, -0.2) is 62.0 Å². The van der Waals surface area contributed by atoms with Gasteiger partial charge in [-0.15, -0.1) is 0 Å². The van der Waals surface area contributed by atoms with Gasteiger partial charge in [-0.25, -0.2) is 12.7 Å². The summed E-state index contributed by atoms with van der Waals surface area (Å²) in [5.74, 6) is -0.101. The van der Waals surface area contributed by atoms with Crippen LogP contribution in [0.3, 0.4) is 0 Å². The average Bonchev–Trinajstić information content (AvgIpc) is 2.46. The molecular weight excluding hydrogens is 278 g/mol. The normalized spacial score (nSPS) is 23.8. The zero-order valence-corrected chi connectivity index (χ0v) is 12.6. The number of carbonyl (C=O) groups is 1. The molecule has 1 radical (unpaired) electrons. The summed E-state index contributed by atoms with van der Waals surface area (Å²) in [4.78, 5) is 13.2. The molecule has 0 spiro atoms. The molecule has 0 aromatic rings. The van der Waals surface area contributed by atoms with Gasteiger partial charge in [0.2, 0.25) is 15.9 Å². The van der Waals surface area contributed by atoms with Gasteiger partial charge in [-0.1, -0.05) is 0 Å². The lowest BCUT2D eigenvalue weighted by atomic mass is 9.96. The number of carbonyl (C=O) groups excluding carboxylic acids is 1. The zero-order chi connectivity index (χ0) is 14.6. The highest BCUT2D eigenvalue weighted by Gasteiger charge is 2.27. The van der Waals surface area contributed by atoms with Crippen molar-refractivity contribution in [2.45, 2.75) is 25.7 Å². The first kappa shape index (κ1) is 15.7. The third-order valence-corrected chi connectivity index (χ3v) is 6.06. The third kappa shape index (κ3) is 4.17. The summed E-state index contributed by atoms with van der Waals surface area (Å²) >= 11 is 0. The van der Waals surface area contributed by atoms with Gasteiger partial charge in [0.1, 0.15) is 0 Å². The third-order valence-electron chi connectivity index (χ3n) is 4.21. The number of amides is 1. The summed E-state index contributed by atoms with van der Waals surface area (Å²) in [7, 11) is -3.13. The molecule has 2 rings (SSSR count). The molecule has 0 aromatic heterocycles. The van der Waals surface area contributed by atoms with Crippen molar-refractivity contribution in [3.8, 4) is 0 Å². The van der Waals surface area contributed by atoms with Crippen LogP contribution >= 0.6 is 0 Å². The number of hydrogen-bond donors (Lipinski definition) is 1. The van der Waals surface area contributed by atoms with E-state index in [0.29, 0.717) is 19.6 Å². The number of likely N-dealkylation sites (tertiary alicyclic amines) is 1. The minimum Gasteiger partial charge on any atom is -0.369 e. The monoisotopic (exact) mass is 302 g/mol. The van der Waals surface area contributed by atoms with Gasteiger partial charge < -0.3 is 10.6 Å². The van der Waals surface area contributed by atoms with Gasteiger partial charge in [0.25, 0.3) is 0 Å². The molecule has 0 aliphatic carbocycles. The molecule has 2 aliphatic rings. The Bertz CT molecular complexity index is 424. The fourth-order valence-corrected chi connectivity index (χ4v) is 4.33. The molecule has 2 fully saturated rings. The largest absolute Gasteiger partial charge is 0.369 e. The molecule has 0 bridgehead atoms. The molecule has 1 amide bonds. The summed E-state index contributed by atoms with van der Waals surface area (Å²) in [6.45, 7) is 3.31. The second kappa shape index (κ2) is 6.87. The Balaban J connectivity index is 1.76. The van der Waals surface area contributed by atoms with Crippen LogP contribution in [0, 0.1) is 12.3 Å². The van der Waals surface area contributed by atoms with E-state index in [2.05, 4.69) is 11.3 Å². The Morgan fingerprint density at radius 1 is 1.15 bits per heavy atom. The number of rotatable bonds is 5. The predicted molar refractivity (Wildman–Crippen MR) is 77.3 cm³/mol. The van der Waals surface area contributed by atoms with E-state index in [4.69, 9.17) is 5.73 Å². The van der Waals surface area contributed by atoms with Crippen molar-refractivity contribution in [2.75, 3.05) is 38.5 Å². The van der Waals surface area contributed by atoms with Gasteiger partial charge in [0, 0.05) is 25.6 Å². The lowest BCUT2D eigenvalue weighted by Gasteiger charge is -2.31. The molecular formula is C13H24N3O3S. The number of piperidine rings is 2. The molecule has 2 heterocycles. The number of nitrogens with zero attached hydrogens (tertiary/aromatic N) is 2. The fraction of sp³-hybridized carbons (Fsp3) is 0.846. The van der Waals surface area contributed by atoms with Crippen molar-refractivity contribution in [3.05, 3.63) is 6.42 Å². The van der Waals surface area contributed by atoms with Crippen LogP contribution in [0.5, 0.6) is 0 Å². The molecule has 2 N–H and O–H groups in total. The number of hydrogen-bond acceptors (Lipinski definition) is 4. The molecule has 20 heavy (non-hydrogen) atoms. The maximum atomic E-state index is 12.2. The van der Waals surface area contributed by atoms with E-state index in [1.165, 1.54) is 0 Å². The molecule has 0 unspecified atom stereocenters.